The van der Waals surface area contributed by atoms with E-state index in [1.807, 2.05) is 6.20 Å². The van der Waals surface area contributed by atoms with Gasteiger partial charge < -0.3 is 0 Å². The molecule has 4 nitrogen and oxygen atoms in total. The minimum atomic E-state index is 0.565. The quantitative estimate of drug-likeness (QED) is 0.685. The fraction of sp³-hybridized carbons (Fsp3) is 0. The minimum Gasteiger partial charge on any atom is -0.220 e. The molecule has 0 saturated heterocycles. The smallest absolute Gasteiger partial charge is 0.220 e. The molecule has 0 aromatic carbocycles. The lowest BCUT2D eigenvalue weighted by Gasteiger charge is -1.95. The summed E-state index contributed by atoms with van der Waals surface area (Å²) in [5, 5.41) is 4.08. The van der Waals surface area contributed by atoms with E-state index in [1.54, 1.807) is 35.4 Å². The van der Waals surface area contributed by atoms with Gasteiger partial charge in [-0.15, -0.1) is 0 Å². The van der Waals surface area contributed by atoms with Gasteiger partial charge in [0, 0.05) is 24.2 Å². The van der Waals surface area contributed by atoms with Gasteiger partial charge >= 0.3 is 0 Å². The van der Waals surface area contributed by atoms with Crippen molar-refractivity contribution in [3.05, 3.63) is 43.0 Å². The molecule has 0 spiro atoms. The van der Waals surface area contributed by atoms with Gasteiger partial charge in [-0.3, -0.25) is 0 Å². The Balaban J connectivity index is 2.41. The van der Waals surface area contributed by atoms with Crippen LogP contribution in [-0.2, 0) is 0 Å². The van der Waals surface area contributed by atoms with Crippen LogP contribution < -0.4 is 0 Å². The van der Waals surface area contributed by atoms with Crippen molar-refractivity contribution < 1.29 is 0 Å². The van der Waals surface area contributed by atoms with Crippen molar-refractivity contribution in [3.63, 3.8) is 0 Å². The summed E-state index contributed by atoms with van der Waals surface area (Å²) in [7, 11) is 0. The summed E-state index contributed by atoms with van der Waals surface area (Å²) in [6.45, 7) is 3.64. The van der Waals surface area contributed by atoms with Gasteiger partial charge in [0.05, 0.1) is 6.20 Å². The lowest BCUT2D eigenvalue weighted by molar-refractivity contribution is 0.808. The van der Waals surface area contributed by atoms with Crippen LogP contribution in [0.5, 0.6) is 0 Å². The normalized spacial score (nSPS) is 9.85. The summed E-state index contributed by atoms with van der Waals surface area (Å²) in [4.78, 5) is 8.10. The van der Waals surface area contributed by atoms with Crippen molar-refractivity contribution >= 4 is 6.08 Å². The van der Waals surface area contributed by atoms with Crippen molar-refractivity contribution in [1.82, 2.24) is 19.7 Å². The predicted molar refractivity (Wildman–Crippen MR) is 49.2 cm³/mol. The Kier molecular flexibility index (Phi) is 1.88. The molecule has 0 aliphatic carbocycles. The molecule has 2 aromatic heterocycles. The molecule has 13 heavy (non-hydrogen) atoms. The maximum absolute atomic E-state index is 4.08. The maximum atomic E-state index is 4.08. The van der Waals surface area contributed by atoms with Crippen LogP contribution >= 0.6 is 0 Å². The highest BCUT2D eigenvalue weighted by atomic mass is 15.3. The van der Waals surface area contributed by atoms with Gasteiger partial charge in [-0.25, -0.2) is 14.6 Å². The lowest BCUT2D eigenvalue weighted by Crippen LogP contribution is -1.99. The lowest BCUT2D eigenvalue weighted by atomic mass is 10.4. The zero-order chi connectivity index (χ0) is 9.10. The fourth-order valence-corrected chi connectivity index (χ4v) is 0.961. The Bertz CT molecular complexity index is 405. The summed E-state index contributed by atoms with van der Waals surface area (Å²) >= 11 is 0. The van der Waals surface area contributed by atoms with E-state index in [0.29, 0.717) is 5.95 Å². The first-order valence-electron chi connectivity index (χ1n) is 3.84. The highest BCUT2D eigenvalue weighted by Gasteiger charge is 1.98. The van der Waals surface area contributed by atoms with E-state index in [-0.39, 0.29) is 0 Å². The summed E-state index contributed by atoms with van der Waals surface area (Å²) in [6, 6.07) is 1.77. The first kappa shape index (κ1) is 7.67. The van der Waals surface area contributed by atoms with E-state index in [4.69, 9.17) is 0 Å². The molecule has 0 aliphatic heterocycles. The van der Waals surface area contributed by atoms with Crippen LogP contribution in [0.4, 0.5) is 0 Å². The Morgan fingerprint density at radius 1 is 1.31 bits per heavy atom. The molecule has 2 heterocycles. The van der Waals surface area contributed by atoms with Crippen LogP contribution in [-0.4, -0.2) is 19.7 Å². The highest BCUT2D eigenvalue weighted by molar-refractivity contribution is 5.44. The summed E-state index contributed by atoms with van der Waals surface area (Å²) in [6.07, 6.45) is 8.62. The third-order valence-electron chi connectivity index (χ3n) is 1.60. The first-order chi connectivity index (χ1) is 6.40. The predicted octanol–water partition coefficient (Wildman–Crippen LogP) is 1.31. The Morgan fingerprint density at radius 2 is 2.08 bits per heavy atom. The zero-order valence-electron chi connectivity index (χ0n) is 6.96. The van der Waals surface area contributed by atoms with Gasteiger partial charge in [0.2, 0.25) is 5.95 Å². The number of nitrogens with zero attached hydrogens (tertiary/aromatic N) is 4. The molecule has 4 heteroatoms. The first-order valence-corrected chi connectivity index (χ1v) is 3.84. The Hall–Kier alpha value is -1.97. The SMILES string of the molecule is C=Cc1cnn(-c2ncccn2)c1. The van der Waals surface area contributed by atoms with Gasteiger partial charge in [-0.2, -0.15) is 5.10 Å². The van der Waals surface area contributed by atoms with Crippen LogP contribution in [0.25, 0.3) is 12.0 Å². The summed E-state index contributed by atoms with van der Waals surface area (Å²) in [5.74, 6) is 0.565. The average molecular weight is 172 g/mol. The highest BCUT2D eigenvalue weighted by Crippen LogP contribution is 2.02. The second-order valence-electron chi connectivity index (χ2n) is 2.47. The largest absolute Gasteiger partial charge is 0.250 e. The molecule has 2 aromatic rings. The van der Waals surface area contributed by atoms with Crippen molar-refractivity contribution in [2.24, 2.45) is 0 Å². The standard InChI is InChI=1S/C9H8N4/c1-2-8-6-12-13(7-8)9-10-4-3-5-11-9/h2-7H,1H2. The molecule has 0 atom stereocenters. The third-order valence-corrected chi connectivity index (χ3v) is 1.60. The van der Waals surface area contributed by atoms with Crippen LogP contribution in [0.2, 0.25) is 0 Å². The molecule has 0 amide bonds. The molecule has 0 saturated carbocycles. The van der Waals surface area contributed by atoms with Gasteiger partial charge in [0.25, 0.3) is 0 Å². The van der Waals surface area contributed by atoms with E-state index < -0.39 is 0 Å². The molecule has 0 fully saturated rings. The third kappa shape index (κ3) is 1.46. The molecule has 0 N–H and O–H groups in total. The molecule has 0 radical (unpaired) electrons. The van der Waals surface area contributed by atoms with E-state index in [9.17, 15) is 0 Å². The molecule has 2 rings (SSSR count). The number of rotatable bonds is 2. The topological polar surface area (TPSA) is 43.6 Å². The van der Waals surface area contributed by atoms with Gasteiger partial charge in [0.1, 0.15) is 0 Å². The Morgan fingerprint density at radius 3 is 2.69 bits per heavy atom. The van der Waals surface area contributed by atoms with Crippen LogP contribution in [0.3, 0.4) is 0 Å². The van der Waals surface area contributed by atoms with E-state index in [2.05, 4.69) is 21.6 Å². The number of hydrogen-bond acceptors (Lipinski definition) is 3. The second-order valence-corrected chi connectivity index (χ2v) is 2.47. The van der Waals surface area contributed by atoms with Crippen LogP contribution in [0.15, 0.2) is 37.4 Å². The van der Waals surface area contributed by atoms with E-state index in [0.717, 1.165) is 5.56 Å². The van der Waals surface area contributed by atoms with Gasteiger partial charge in [-0.05, 0) is 6.07 Å². The number of hydrogen-bond donors (Lipinski definition) is 0. The molecule has 64 valence electrons. The molecular weight excluding hydrogens is 164 g/mol. The molecular formula is C9H8N4. The average Bonchev–Trinajstić information content (AvgIpc) is 2.67. The molecule has 0 aliphatic rings. The van der Waals surface area contributed by atoms with E-state index >= 15 is 0 Å². The molecule has 0 unspecified atom stereocenters. The van der Waals surface area contributed by atoms with Crippen molar-refractivity contribution in [2.45, 2.75) is 0 Å². The van der Waals surface area contributed by atoms with Gasteiger partial charge in [0.15, 0.2) is 0 Å². The van der Waals surface area contributed by atoms with E-state index in [1.165, 1.54) is 0 Å². The fourth-order valence-electron chi connectivity index (χ4n) is 0.961. The zero-order valence-corrected chi connectivity index (χ0v) is 6.96. The second kappa shape index (κ2) is 3.18. The van der Waals surface area contributed by atoms with Crippen molar-refractivity contribution in [1.29, 1.82) is 0 Å². The van der Waals surface area contributed by atoms with Crippen molar-refractivity contribution in [3.8, 4) is 5.95 Å². The van der Waals surface area contributed by atoms with Crippen LogP contribution in [0.1, 0.15) is 5.56 Å². The van der Waals surface area contributed by atoms with Crippen LogP contribution in [0, 0.1) is 0 Å². The molecule has 0 bridgehead atoms. The maximum Gasteiger partial charge on any atom is 0.250 e. The minimum absolute atomic E-state index is 0.565. The summed E-state index contributed by atoms with van der Waals surface area (Å²) in [5.41, 5.74) is 0.951. The van der Waals surface area contributed by atoms with Gasteiger partial charge in [-0.1, -0.05) is 12.7 Å². The monoisotopic (exact) mass is 172 g/mol. The number of aromatic nitrogens is 4. The summed E-state index contributed by atoms with van der Waals surface area (Å²) < 4.78 is 1.61. The Labute approximate surface area is 75.6 Å². The van der Waals surface area contributed by atoms with Crippen molar-refractivity contribution in [2.75, 3.05) is 0 Å².